The van der Waals surface area contributed by atoms with Crippen LogP contribution in [0.15, 0.2) is 54.9 Å². The van der Waals surface area contributed by atoms with Crippen LogP contribution < -0.4 is 14.8 Å². The number of rotatable bonds is 7. The number of benzene rings is 2. The lowest BCUT2D eigenvalue weighted by molar-refractivity contribution is -0.137. The quantitative estimate of drug-likeness (QED) is 0.426. The fourth-order valence-electron chi connectivity index (χ4n) is 5.61. The molecule has 0 spiro atoms. The number of aromatic nitrogens is 2. The van der Waals surface area contributed by atoms with Crippen molar-refractivity contribution in [2.75, 3.05) is 33.3 Å². The van der Waals surface area contributed by atoms with Crippen LogP contribution >= 0.6 is 0 Å². The van der Waals surface area contributed by atoms with E-state index in [1.54, 1.807) is 31.4 Å². The zero-order valence-corrected chi connectivity index (χ0v) is 26.5. The summed E-state index contributed by atoms with van der Waals surface area (Å²) in [7, 11) is 1.59. The van der Waals surface area contributed by atoms with Crippen molar-refractivity contribution in [3.05, 3.63) is 71.8 Å². The fourth-order valence-corrected chi connectivity index (χ4v) is 5.61. The molecule has 2 aromatic carbocycles. The number of ether oxygens (including phenoxy) is 3. The second-order valence-corrected chi connectivity index (χ2v) is 12.1. The van der Waals surface area contributed by atoms with Crippen molar-refractivity contribution in [2.45, 2.75) is 65.3 Å². The highest BCUT2D eigenvalue weighted by Gasteiger charge is 2.33. The molecule has 1 saturated heterocycles. The van der Waals surface area contributed by atoms with Gasteiger partial charge in [0.15, 0.2) is 0 Å². The van der Waals surface area contributed by atoms with Gasteiger partial charge in [-0.05, 0) is 42.2 Å². The summed E-state index contributed by atoms with van der Waals surface area (Å²) in [5.41, 5.74) is 1.24. The summed E-state index contributed by atoms with van der Waals surface area (Å²) in [6.45, 7) is 8.17. The van der Waals surface area contributed by atoms with Gasteiger partial charge in [-0.2, -0.15) is 0 Å². The van der Waals surface area contributed by atoms with Crippen LogP contribution in [-0.4, -0.2) is 82.5 Å². The standard InChI is InChI=1S/C34H43N5O6/c1-5-31-35-11-14-38(31)13-10-33(41)39-12-9-29-30(19-39)44-22-24-7-6-8-26(15-24)45-28-17-25(16-27(18-28)43-21-23(2)3)34(42)37(4)20-32(40)36-29/h6-8,11,14-18,23,29-30H,5,9-10,12-13,19-22H2,1-4H3,(H,36,40)/t29-,30-/m0/s1. The Morgan fingerprint density at radius 1 is 1.16 bits per heavy atom. The van der Waals surface area contributed by atoms with Crippen molar-refractivity contribution >= 4 is 17.7 Å². The van der Waals surface area contributed by atoms with E-state index in [4.69, 9.17) is 14.2 Å². The number of imidazole rings is 1. The van der Waals surface area contributed by atoms with Gasteiger partial charge in [0.05, 0.1) is 31.9 Å². The Bertz CT molecular complexity index is 1500. The second-order valence-electron chi connectivity index (χ2n) is 12.1. The first-order valence-corrected chi connectivity index (χ1v) is 15.7. The highest BCUT2D eigenvalue weighted by atomic mass is 16.5. The van der Waals surface area contributed by atoms with E-state index < -0.39 is 6.10 Å². The van der Waals surface area contributed by atoms with Crippen LogP contribution in [0.2, 0.25) is 0 Å². The Balaban J connectivity index is 1.35. The predicted octanol–water partition coefficient (Wildman–Crippen LogP) is 4.05. The number of nitrogens with zero attached hydrogens (tertiary/aromatic N) is 4. The third kappa shape index (κ3) is 8.42. The number of aryl methyl sites for hydroxylation is 2. The SMILES string of the molecule is CCc1nccn1CCC(=O)N1CC[C@@H]2NC(=O)CN(C)C(=O)c3cc(OCC(C)C)cc(c3)Oc3cccc(c3)CO[C@H]2C1. The van der Waals surface area contributed by atoms with Gasteiger partial charge in [-0.25, -0.2) is 4.98 Å². The van der Waals surface area contributed by atoms with Gasteiger partial charge in [0, 0.05) is 63.5 Å². The summed E-state index contributed by atoms with van der Waals surface area (Å²) in [5.74, 6) is 2.21. The molecule has 5 rings (SSSR count). The topological polar surface area (TPSA) is 115 Å². The average molecular weight is 618 g/mol. The number of piperidine rings is 1. The molecular formula is C34H43N5O6. The summed E-state index contributed by atoms with van der Waals surface area (Å²) < 4.78 is 20.5. The van der Waals surface area contributed by atoms with Crippen molar-refractivity contribution in [3.8, 4) is 17.2 Å². The Morgan fingerprint density at radius 3 is 2.80 bits per heavy atom. The van der Waals surface area contributed by atoms with E-state index in [0.717, 1.165) is 17.8 Å². The van der Waals surface area contributed by atoms with Crippen LogP contribution in [0.3, 0.4) is 0 Å². The van der Waals surface area contributed by atoms with E-state index >= 15 is 0 Å². The molecule has 0 aliphatic carbocycles. The van der Waals surface area contributed by atoms with E-state index in [9.17, 15) is 14.4 Å². The molecular weight excluding hydrogens is 574 g/mol. The number of likely N-dealkylation sites (tertiary alicyclic amines) is 1. The minimum Gasteiger partial charge on any atom is -0.493 e. The van der Waals surface area contributed by atoms with E-state index in [1.807, 2.05) is 60.7 Å². The van der Waals surface area contributed by atoms with Crippen LogP contribution in [0.1, 0.15) is 55.4 Å². The van der Waals surface area contributed by atoms with E-state index in [1.165, 1.54) is 4.90 Å². The lowest BCUT2D eigenvalue weighted by Crippen LogP contribution is -2.57. The van der Waals surface area contributed by atoms with Gasteiger partial charge in [0.25, 0.3) is 5.91 Å². The Labute approximate surface area is 264 Å². The monoisotopic (exact) mass is 617 g/mol. The fraction of sp³-hybridized carbons (Fsp3) is 0.471. The zero-order chi connectivity index (χ0) is 31.9. The number of hydrogen-bond donors (Lipinski definition) is 1. The number of hydrogen-bond acceptors (Lipinski definition) is 7. The molecule has 2 aliphatic heterocycles. The largest absolute Gasteiger partial charge is 0.493 e. The molecule has 11 heteroatoms. The summed E-state index contributed by atoms with van der Waals surface area (Å²) in [6.07, 6.45) is 4.91. The third-order valence-electron chi connectivity index (χ3n) is 7.98. The lowest BCUT2D eigenvalue weighted by atomic mass is 10.0. The van der Waals surface area contributed by atoms with Crippen LogP contribution in [-0.2, 0) is 33.9 Å². The first-order valence-electron chi connectivity index (χ1n) is 15.7. The van der Waals surface area contributed by atoms with Gasteiger partial charge in [-0.1, -0.05) is 32.9 Å². The molecule has 1 aromatic heterocycles. The van der Waals surface area contributed by atoms with Crippen molar-refractivity contribution in [3.63, 3.8) is 0 Å². The summed E-state index contributed by atoms with van der Waals surface area (Å²) in [4.78, 5) is 47.4. The minimum absolute atomic E-state index is 0.0323. The number of likely N-dealkylation sites (N-methyl/N-ethyl adjacent to an activating group) is 1. The van der Waals surface area contributed by atoms with Gasteiger partial charge in [0.2, 0.25) is 11.8 Å². The molecule has 240 valence electrons. The maximum absolute atomic E-state index is 13.5. The van der Waals surface area contributed by atoms with Crippen LogP contribution in [0.25, 0.3) is 0 Å². The van der Waals surface area contributed by atoms with Gasteiger partial charge in [-0.15, -0.1) is 0 Å². The molecule has 3 heterocycles. The van der Waals surface area contributed by atoms with Gasteiger partial charge in [0.1, 0.15) is 23.1 Å². The summed E-state index contributed by atoms with van der Waals surface area (Å²) in [5, 5.41) is 3.08. The van der Waals surface area contributed by atoms with E-state index in [2.05, 4.69) is 10.3 Å². The first kappa shape index (κ1) is 32.0. The molecule has 2 aliphatic rings. The normalized spacial score (nSPS) is 19.1. The molecule has 1 N–H and O–H groups in total. The number of carbonyl (C=O) groups is 3. The van der Waals surface area contributed by atoms with E-state index in [0.29, 0.717) is 67.8 Å². The lowest BCUT2D eigenvalue weighted by Gasteiger charge is -2.39. The maximum atomic E-state index is 13.5. The Hall–Kier alpha value is -4.38. The van der Waals surface area contributed by atoms with Crippen LogP contribution in [0.4, 0.5) is 0 Å². The molecule has 3 aromatic rings. The Morgan fingerprint density at radius 2 is 2.00 bits per heavy atom. The second kappa shape index (κ2) is 14.6. The first-order chi connectivity index (χ1) is 21.7. The third-order valence-corrected chi connectivity index (χ3v) is 7.98. The molecule has 0 radical (unpaired) electrons. The smallest absolute Gasteiger partial charge is 0.254 e. The van der Waals surface area contributed by atoms with Crippen LogP contribution in [0, 0.1) is 5.92 Å². The van der Waals surface area contributed by atoms with Crippen LogP contribution in [0.5, 0.6) is 17.2 Å². The minimum atomic E-state index is -0.432. The number of fused-ring (bicyclic) bond motifs is 5. The zero-order valence-electron chi connectivity index (χ0n) is 26.5. The number of amides is 3. The molecule has 45 heavy (non-hydrogen) atoms. The highest BCUT2D eigenvalue weighted by molar-refractivity contribution is 5.97. The predicted molar refractivity (Wildman–Crippen MR) is 168 cm³/mol. The number of carbonyl (C=O) groups excluding carboxylic acids is 3. The van der Waals surface area contributed by atoms with Crippen molar-refractivity contribution < 1.29 is 28.6 Å². The van der Waals surface area contributed by atoms with Crippen molar-refractivity contribution in [2.24, 2.45) is 5.92 Å². The molecule has 1 fully saturated rings. The molecule has 3 amide bonds. The number of nitrogens with one attached hydrogen (secondary N) is 1. The summed E-state index contributed by atoms with van der Waals surface area (Å²) in [6, 6.07) is 12.3. The molecule has 4 bridgehead atoms. The Kier molecular flexibility index (Phi) is 10.4. The maximum Gasteiger partial charge on any atom is 0.254 e. The van der Waals surface area contributed by atoms with Gasteiger partial charge >= 0.3 is 0 Å². The highest BCUT2D eigenvalue weighted by Crippen LogP contribution is 2.29. The van der Waals surface area contributed by atoms with Crippen molar-refractivity contribution in [1.82, 2.24) is 24.7 Å². The van der Waals surface area contributed by atoms with Crippen molar-refractivity contribution in [1.29, 1.82) is 0 Å². The molecule has 11 nitrogen and oxygen atoms in total. The molecule has 0 unspecified atom stereocenters. The molecule has 2 atom stereocenters. The summed E-state index contributed by atoms with van der Waals surface area (Å²) >= 11 is 0. The van der Waals surface area contributed by atoms with Gasteiger partial charge in [-0.3, -0.25) is 14.4 Å². The average Bonchev–Trinajstić information content (AvgIpc) is 3.49. The van der Waals surface area contributed by atoms with E-state index in [-0.39, 0.29) is 36.9 Å². The molecule has 0 saturated carbocycles. The van der Waals surface area contributed by atoms with Gasteiger partial charge < -0.3 is 33.9 Å².